The van der Waals surface area contributed by atoms with Gasteiger partial charge in [0.25, 0.3) is 0 Å². The minimum absolute atomic E-state index is 0.846. The Morgan fingerprint density at radius 1 is 0.208 bits per heavy atom. The Hall–Kier alpha value is -5.36. The highest BCUT2D eigenvalue weighted by molar-refractivity contribution is 6.91. The van der Waals surface area contributed by atoms with Crippen LogP contribution >= 0.6 is 0 Å². The number of aromatic nitrogens is 6. The van der Waals surface area contributed by atoms with E-state index in [4.69, 9.17) is 29.9 Å². The third-order valence-corrected chi connectivity index (χ3v) is 18.5. The molecule has 0 atom stereocenters. The van der Waals surface area contributed by atoms with Crippen LogP contribution in [0.5, 0.6) is 0 Å². The maximum Gasteiger partial charge on any atom is 0.0886 e. The molecule has 1 aromatic carbocycles. The molecule has 6 nitrogen and oxygen atoms in total. The maximum atomic E-state index is 5.13. The van der Waals surface area contributed by atoms with E-state index in [1.54, 1.807) is 0 Å². The van der Waals surface area contributed by atoms with Gasteiger partial charge in [0, 0.05) is 37.2 Å². The van der Waals surface area contributed by atoms with Crippen molar-refractivity contribution in [3.8, 4) is 0 Å². The van der Waals surface area contributed by atoms with Gasteiger partial charge in [-0.25, -0.2) is 0 Å². The Morgan fingerprint density at radius 2 is 0.333 bits per heavy atom. The van der Waals surface area contributed by atoms with Gasteiger partial charge in [-0.15, -0.1) is 0 Å². The fraction of sp³-hybridized carbons (Fsp3) is 0.300. The second-order valence-corrected chi connectivity index (χ2v) is 56.3. The average Bonchev–Trinajstić information content (AvgIpc) is 3.28. The topological polar surface area (TPSA) is 77.3 Å². The van der Waals surface area contributed by atoms with Crippen LogP contribution in [0.3, 0.4) is 0 Å². The monoisotopic (exact) mass is 1050 g/mol. The van der Waals surface area contributed by atoms with Crippen LogP contribution in [0.15, 0.2) is 110 Å². The van der Waals surface area contributed by atoms with Crippen molar-refractivity contribution in [1.82, 2.24) is 29.9 Å². The fourth-order valence-corrected chi connectivity index (χ4v) is 15.9. The van der Waals surface area contributed by atoms with Crippen molar-refractivity contribution in [2.24, 2.45) is 0 Å². The summed E-state index contributed by atoms with van der Waals surface area (Å²) in [5.74, 6) is 0. The van der Waals surface area contributed by atoms with E-state index in [1.807, 2.05) is 37.2 Å². The maximum absolute atomic E-state index is 5.13. The van der Waals surface area contributed by atoms with Gasteiger partial charge in [0.05, 0.1) is 81.5 Å². The van der Waals surface area contributed by atoms with Crippen LogP contribution in [0.1, 0.15) is 0 Å². The van der Waals surface area contributed by atoms with Crippen LogP contribution < -0.4 is 31.3 Å². The molecule has 12 bridgehead atoms. The summed E-state index contributed by atoms with van der Waals surface area (Å²) >= 11 is 0. The summed E-state index contributed by atoms with van der Waals surface area (Å²) in [6.07, 6.45) is 12.3. The zero-order valence-corrected chi connectivity index (χ0v) is 52.5. The molecule has 15 heterocycles. The lowest BCUT2D eigenvalue weighted by atomic mass is 10.1. The normalized spacial score (nSPS) is 14.8. The highest BCUT2D eigenvalue weighted by Crippen LogP contribution is 2.14. The predicted octanol–water partition coefficient (Wildman–Crippen LogP) is 12.3. The van der Waals surface area contributed by atoms with Crippen molar-refractivity contribution >= 4 is 148 Å². The lowest BCUT2D eigenvalue weighted by Gasteiger charge is -2.12. The van der Waals surface area contributed by atoms with Crippen molar-refractivity contribution in [3.63, 3.8) is 0 Å². The van der Waals surface area contributed by atoms with Gasteiger partial charge in [-0.05, 0) is 100 Å². The molecule has 0 spiro atoms. The minimum atomic E-state index is -1.74. The summed E-state index contributed by atoms with van der Waals surface area (Å²) in [6.45, 7) is 43.2. The minimum Gasteiger partial charge on any atom is -0.254 e. The van der Waals surface area contributed by atoms with Crippen molar-refractivity contribution in [2.75, 3.05) is 0 Å². The first-order chi connectivity index (χ1) is 33.4. The highest BCUT2D eigenvalue weighted by atomic mass is 28.3. The van der Waals surface area contributed by atoms with E-state index in [1.165, 1.54) is 31.3 Å². The zero-order valence-electron chi connectivity index (χ0n) is 46.5. The van der Waals surface area contributed by atoms with Gasteiger partial charge in [0.15, 0.2) is 0 Å². The third kappa shape index (κ3) is 14.9. The van der Waals surface area contributed by atoms with E-state index >= 15 is 0 Å². The molecule has 0 unspecified atom stereocenters. The molecule has 0 N–H and O–H groups in total. The molecule has 372 valence electrons. The fourth-order valence-electron chi connectivity index (χ4n) is 8.73. The van der Waals surface area contributed by atoms with Gasteiger partial charge in [-0.1, -0.05) is 188 Å². The van der Waals surface area contributed by atoms with E-state index in [-0.39, 0.29) is 0 Å². The summed E-state index contributed by atoms with van der Waals surface area (Å²) in [7, 11) is -10.5. The number of pyridine rings is 6. The first kappa shape index (κ1) is 54.4. The molecule has 72 heavy (non-hydrogen) atoms. The van der Waals surface area contributed by atoms with Gasteiger partial charge in [0.2, 0.25) is 0 Å². The molecular formula is C60H78N6Si6. The third-order valence-electron chi connectivity index (χ3n) is 11.6. The van der Waals surface area contributed by atoms with Gasteiger partial charge in [-0.2, -0.15) is 0 Å². The largest absolute Gasteiger partial charge is 0.254 e. The first-order valence-electron chi connectivity index (χ1n) is 25.6. The molecule has 0 aliphatic rings. The van der Waals surface area contributed by atoms with Crippen LogP contribution in [0.25, 0.3) is 99.6 Å². The molecule has 0 aliphatic carbocycles. The SMILES string of the molecule is C[Si](C)(C)/C=c1/c(=C/[Si](C)(C)C)c2ccc(nc2)c2ccc(cn2)c(=C\[Si](C)(C)C)/c(=C/[Si](C)(C)C)c2ccc(nc2)c2ccc(cn2)c(=C\[Si](C)(C)C)/c(=C/[Si](C)(C)C)c2ccc(nc2)c2ccc1cn2. The molecule has 0 radical (unpaired) electrons. The zero-order chi connectivity index (χ0) is 52.6. The number of hydrogen-bond acceptors (Lipinski definition) is 6. The molecule has 0 saturated carbocycles. The Balaban J connectivity index is 1.71. The van der Waals surface area contributed by atoms with Gasteiger partial charge >= 0.3 is 0 Å². The van der Waals surface area contributed by atoms with E-state index in [0.717, 1.165) is 65.4 Å². The Kier molecular flexibility index (Phi) is 15.8. The van der Waals surface area contributed by atoms with Gasteiger partial charge in [-0.3, -0.25) is 29.9 Å². The molecular weight excluding hydrogens is 973 g/mol. The Bertz CT molecular complexity index is 3110. The van der Waals surface area contributed by atoms with E-state index in [9.17, 15) is 0 Å². The molecule has 15 aromatic heterocycles. The van der Waals surface area contributed by atoms with Crippen molar-refractivity contribution in [1.29, 1.82) is 0 Å². The van der Waals surface area contributed by atoms with E-state index in [0.29, 0.717) is 0 Å². The summed E-state index contributed by atoms with van der Waals surface area (Å²) in [5.41, 5.74) is 20.3. The molecule has 16 rings (SSSR count). The number of rotatable bonds is 6. The summed E-state index contributed by atoms with van der Waals surface area (Å²) in [6, 6.07) is 26.2. The van der Waals surface area contributed by atoms with Crippen molar-refractivity contribution < 1.29 is 0 Å². The smallest absolute Gasteiger partial charge is 0.0886 e. The van der Waals surface area contributed by atoms with Crippen LogP contribution in [-0.4, -0.2) is 78.3 Å². The quantitative estimate of drug-likeness (QED) is 0.154. The van der Waals surface area contributed by atoms with Crippen molar-refractivity contribution in [2.45, 2.75) is 118 Å². The molecule has 0 aliphatic heterocycles. The van der Waals surface area contributed by atoms with E-state index in [2.05, 4.69) is 225 Å². The van der Waals surface area contributed by atoms with Gasteiger partial charge in [0.1, 0.15) is 0 Å². The summed E-state index contributed by atoms with van der Waals surface area (Å²) < 4.78 is 0. The lowest BCUT2D eigenvalue weighted by molar-refractivity contribution is 1.36. The van der Waals surface area contributed by atoms with Crippen molar-refractivity contribution in [3.05, 3.63) is 141 Å². The summed E-state index contributed by atoms with van der Waals surface area (Å²) in [4.78, 5) is 30.8. The van der Waals surface area contributed by atoms with Crippen LogP contribution in [-0.2, 0) is 0 Å². The predicted molar refractivity (Wildman–Crippen MR) is 336 cm³/mol. The van der Waals surface area contributed by atoms with Crippen LogP contribution in [0.2, 0.25) is 118 Å². The second kappa shape index (κ2) is 20.9. The lowest BCUT2D eigenvalue weighted by Crippen LogP contribution is -2.34. The number of nitrogens with zero attached hydrogens (tertiary/aromatic N) is 6. The second-order valence-electron chi connectivity index (χ2n) is 26.1. The molecule has 16 aromatic rings. The highest BCUT2D eigenvalue weighted by Gasteiger charge is 2.16. The Labute approximate surface area is 434 Å². The molecule has 0 amide bonds. The first-order valence-corrected chi connectivity index (χ1v) is 47.0. The van der Waals surface area contributed by atoms with Crippen LogP contribution in [0.4, 0.5) is 0 Å². The number of hydrogen-bond donors (Lipinski definition) is 0. The van der Waals surface area contributed by atoms with Crippen LogP contribution in [0, 0.1) is 0 Å². The van der Waals surface area contributed by atoms with Gasteiger partial charge < -0.3 is 0 Å². The Morgan fingerprint density at radius 3 is 0.417 bits per heavy atom. The summed E-state index contributed by atoms with van der Waals surface area (Å²) in [5, 5.41) is 13.9. The molecule has 12 heteroatoms. The molecule has 0 saturated heterocycles. The average molecular weight is 1050 g/mol. The molecule has 0 fully saturated rings. The van der Waals surface area contributed by atoms with E-state index < -0.39 is 48.4 Å². The standard InChI is InChI=1S/C60H78N6Si6/c1-67(2,3)37-49-43-19-25-55(61-31-43)57-27-21-45(33-63-57)51(39-69(7,8)9)53(41-71(13,14)15)47-23-29-59(65-35-47)60-30-24-48(36-66-60)54(42-72(16,17)18)52(40-70(10,11)12)46-22-28-58(64-34-46)56-26-20-44(32-62-56)50(49)38-68(4,5)6/h19-42H,1-18H3/b49-37+,50-38+,51-39+,52-40+,53-41+,54-42+.